The molecular formula is C10H9F2N3O. The van der Waals surface area contributed by atoms with Gasteiger partial charge >= 0.3 is 6.61 Å². The number of hydrogen-bond donors (Lipinski definition) is 0. The largest absolute Gasteiger partial charge is 0.435 e. The van der Waals surface area contributed by atoms with Gasteiger partial charge in [-0.1, -0.05) is 0 Å². The summed E-state index contributed by atoms with van der Waals surface area (Å²) in [6.07, 6.45) is 1.57. The van der Waals surface area contributed by atoms with Gasteiger partial charge in [-0.15, -0.1) is 0 Å². The summed E-state index contributed by atoms with van der Waals surface area (Å²) in [6.45, 7) is -2.81. The van der Waals surface area contributed by atoms with Crippen molar-refractivity contribution in [1.82, 2.24) is 14.8 Å². The molecule has 0 aliphatic carbocycles. The summed E-state index contributed by atoms with van der Waals surface area (Å²) >= 11 is 0. The average Bonchev–Trinajstić information content (AvgIpc) is 2.65. The minimum absolute atomic E-state index is 0.120. The van der Waals surface area contributed by atoms with E-state index in [0.717, 1.165) is 5.56 Å². The zero-order valence-corrected chi connectivity index (χ0v) is 8.47. The molecule has 2 rings (SSSR count). The molecule has 16 heavy (non-hydrogen) atoms. The van der Waals surface area contributed by atoms with Gasteiger partial charge in [0.15, 0.2) is 5.82 Å². The van der Waals surface area contributed by atoms with E-state index in [2.05, 4.69) is 14.8 Å². The van der Waals surface area contributed by atoms with Gasteiger partial charge in [-0.05, 0) is 24.3 Å². The first-order valence-electron chi connectivity index (χ1n) is 4.56. The molecule has 0 saturated heterocycles. The van der Waals surface area contributed by atoms with Crippen LogP contribution >= 0.6 is 0 Å². The van der Waals surface area contributed by atoms with Gasteiger partial charge < -0.3 is 4.74 Å². The van der Waals surface area contributed by atoms with Crippen LogP contribution in [0.2, 0.25) is 0 Å². The number of aromatic nitrogens is 3. The highest BCUT2D eigenvalue weighted by Gasteiger charge is 2.06. The van der Waals surface area contributed by atoms with Crippen LogP contribution in [-0.2, 0) is 7.05 Å². The van der Waals surface area contributed by atoms with Crippen molar-refractivity contribution in [1.29, 1.82) is 0 Å². The molecule has 84 valence electrons. The Bertz CT molecular complexity index is 467. The number of rotatable bonds is 3. The lowest BCUT2D eigenvalue weighted by Crippen LogP contribution is -2.01. The molecule has 1 heterocycles. The number of benzene rings is 1. The van der Waals surface area contributed by atoms with E-state index in [1.807, 2.05) is 0 Å². The van der Waals surface area contributed by atoms with E-state index >= 15 is 0 Å². The predicted octanol–water partition coefficient (Wildman–Crippen LogP) is 2.08. The second kappa shape index (κ2) is 4.26. The molecule has 0 bridgehead atoms. The van der Waals surface area contributed by atoms with Gasteiger partial charge in [0, 0.05) is 12.6 Å². The van der Waals surface area contributed by atoms with Crippen LogP contribution in [0.25, 0.3) is 11.4 Å². The van der Waals surface area contributed by atoms with Crippen LogP contribution in [0.3, 0.4) is 0 Å². The highest BCUT2D eigenvalue weighted by molar-refractivity contribution is 5.55. The molecule has 0 radical (unpaired) electrons. The lowest BCUT2D eigenvalue weighted by atomic mass is 10.2. The van der Waals surface area contributed by atoms with Crippen LogP contribution in [0.15, 0.2) is 30.6 Å². The van der Waals surface area contributed by atoms with Crippen LogP contribution in [0.1, 0.15) is 0 Å². The summed E-state index contributed by atoms with van der Waals surface area (Å²) in [4.78, 5) is 4.04. The van der Waals surface area contributed by atoms with Crippen molar-refractivity contribution in [3.05, 3.63) is 30.6 Å². The molecule has 2 aromatic rings. The number of nitrogens with zero attached hydrogens (tertiary/aromatic N) is 3. The Labute approximate surface area is 90.5 Å². The lowest BCUT2D eigenvalue weighted by Gasteiger charge is -2.03. The topological polar surface area (TPSA) is 39.9 Å². The fourth-order valence-electron chi connectivity index (χ4n) is 1.26. The molecule has 6 heteroatoms. The quantitative estimate of drug-likeness (QED) is 0.802. The van der Waals surface area contributed by atoms with E-state index < -0.39 is 6.61 Å². The van der Waals surface area contributed by atoms with Crippen molar-refractivity contribution in [2.24, 2.45) is 7.05 Å². The summed E-state index contributed by atoms with van der Waals surface area (Å²) in [5.41, 5.74) is 0.752. The average molecular weight is 225 g/mol. The normalized spacial score (nSPS) is 10.8. The molecule has 4 nitrogen and oxygen atoms in total. The van der Waals surface area contributed by atoms with Crippen LogP contribution in [-0.4, -0.2) is 21.4 Å². The van der Waals surface area contributed by atoms with E-state index in [1.54, 1.807) is 30.2 Å². The Kier molecular flexibility index (Phi) is 2.80. The van der Waals surface area contributed by atoms with Gasteiger partial charge in [0.05, 0.1) is 0 Å². The van der Waals surface area contributed by atoms with E-state index in [4.69, 9.17) is 0 Å². The highest BCUT2D eigenvalue weighted by Crippen LogP contribution is 2.20. The van der Waals surface area contributed by atoms with Gasteiger partial charge in [-0.2, -0.15) is 13.9 Å². The number of aryl methyl sites for hydroxylation is 1. The Morgan fingerprint density at radius 1 is 1.25 bits per heavy atom. The van der Waals surface area contributed by atoms with E-state index in [1.165, 1.54) is 12.1 Å². The van der Waals surface area contributed by atoms with Crippen molar-refractivity contribution in [3.8, 4) is 17.1 Å². The van der Waals surface area contributed by atoms with Crippen molar-refractivity contribution in [2.45, 2.75) is 6.61 Å². The first-order valence-corrected chi connectivity index (χ1v) is 4.56. The molecule has 1 aromatic carbocycles. The van der Waals surface area contributed by atoms with Crippen molar-refractivity contribution in [3.63, 3.8) is 0 Å². The zero-order chi connectivity index (χ0) is 11.5. The molecule has 0 N–H and O–H groups in total. The first-order chi connectivity index (χ1) is 7.65. The third-order valence-electron chi connectivity index (χ3n) is 1.94. The second-order valence-electron chi connectivity index (χ2n) is 3.14. The Balaban J connectivity index is 2.19. The summed E-state index contributed by atoms with van der Waals surface area (Å²) in [7, 11) is 1.75. The maximum atomic E-state index is 11.9. The predicted molar refractivity (Wildman–Crippen MR) is 53.1 cm³/mol. The molecule has 0 aliphatic rings. The maximum Gasteiger partial charge on any atom is 0.387 e. The first kappa shape index (κ1) is 10.5. The van der Waals surface area contributed by atoms with Gasteiger partial charge in [-0.25, -0.2) is 4.98 Å². The van der Waals surface area contributed by atoms with Crippen molar-refractivity contribution >= 4 is 0 Å². The van der Waals surface area contributed by atoms with E-state index in [0.29, 0.717) is 5.82 Å². The maximum absolute atomic E-state index is 11.9. The van der Waals surface area contributed by atoms with Crippen LogP contribution in [0.4, 0.5) is 8.78 Å². The molecule has 1 aromatic heterocycles. The minimum atomic E-state index is -2.81. The zero-order valence-electron chi connectivity index (χ0n) is 8.47. The minimum Gasteiger partial charge on any atom is -0.435 e. The summed E-state index contributed by atoms with van der Waals surface area (Å²) < 4.78 is 29.6. The van der Waals surface area contributed by atoms with Crippen LogP contribution < -0.4 is 4.74 Å². The SMILES string of the molecule is Cn1cnc(-c2ccc(OC(F)F)cc2)n1. The Morgan fingerprint density at radius 2 is 1.94 bits per heavy atom. The smallest absolute Gasteiger partial charge is 0.387 e. The summed E-state index contributed by atoms with van der Waals surface area (Å²) in [5, 5.41) is 4.09. The van der Waals surface area contributed by atoms with Crippen LogP contribution in [0.5, 0.6) is 5.75 Å². The second-order valence-corrected chi connectivity index (χ2v) is 3.14. The standard InChI is InChI=1S/C10H9F2N3O/c1-15-6-13-9(14-15)7-2-4-8(5-3-7)16-10(11)12/h2-6,10H,1H3. The third-order valence-corrected chi connectivity index (χ3v) is 1.94. The van der Waals surface area contributed by atoms with Crippen LogP contribution in [0, 0.1) is 0 Å². The molecule has 0 aliphatic heterocycles. The van der Waals surface area contributed by atoms with Crippen molar-refractivity contribution < 1.29 is 13.5 Å². The summed E-state index contributed by atoms with van der Waals surface area (Å²) in [6, 6.07) is 6.18. The van der Waals surface area contributed by atoms with Gasteiger partial charge in [0.25, 0.3) is 0 Å². The number of halogens is 2. The van der Waals surface area contributed by atoms with Gasteiger partial charge in [-0.3, -0.25) is 4.68 Å². The molecule has 0 atom stereocenters. The number of hydrogen-bond acceptors (Lipinski definition) is 3. The molecule has 0 fully saturated rings. The molecule has 0 spiro atoms. The van der Waals surface area contributed by atoms with Gasteiger partial charge in [0.2, 0.25) is 0 Å². The van der Waals surface area contributed by atoms with Gasteiger partial charge in [0.1, 0.15) is 12.1 Å². The number of ether oxygens (including phenoxy) is 1. The molecule has 0 saturated carbocycles. The third kappa shape index (κ3) is 2.33. The molecule has 0 unspecified atom stereocenters. The monoisotopic (exact) mass is 225 g/mol. The Morgan fingerprint density at radius 3 is 2.44 bits per heavy atom. The van der Waals surface area contributed by atoms with E-state index in [-0.39, 0.29) is 5.75 Å². The number of alkyl halides is 2. The van der Waals surface area contributed by atoms with E-state index in [9.17, 15) is 8.78 Å². The fraction of sp³-hybridized carbons (Fsp3) is 0.200. The Hall–Kier alpha value is -1.98. The molecular weight excluding hydrogens is 216 g/mol. The molecule has 0 amide bonds. The van der Waals surface area contributed by atoms with Crippen molar-refractivity contribution in [2.75, 3.05) is 0 Å². The highest BCUT2D eigenvalue weighted by atomic mass is 19.3. The summed E-state index contributed by atoms with van der Waals surface area (Å²) in [5.74, 6) is 0.667. The fourth-order valence-corrected chi connectivity index (χ4v) is 1.26. The lowest BCUT2D eigenvalue weighted by molar-refractivity contribution is -0.0498.